The number of hydrogen-bond donors (Lipinski definition) is 2. The number of nitrogens with zero attached hydrogens (tertiary/aromatic N) is 4. The van der Waals surface area contributed by atoms with E-state index in [2.05, 4.69) is 62.4 Å². The molecule has 4 aromatic rings. The van der Waals surface area contributed by atoms with Crippen molar-refractivity contribution in [2.24, 2.45) is 0 Å². The first-order chi connectivity index (χ1) is 18.4. The van der Waals surface area contributed by atoms with Crippen molar-refractivity contribution in [3.8, 4) is 0 Å². The number of alkyl halides is 4. The van der Waals surface area contributed by atoms with E-state index in [0.717, 1.165) is 18.1 Å². The van der Waals surface area contributed by atoms with Crippen molar-refractivity contribution in [3.05, 3.63) is 92.4 Å². The van der Waals surface area contributed by atoms with Gasteiger partial charge in [-0.3, -0.25) is 0 Å². The van der Waals surface area contributed by atoms with Gasteiger partial charge in [0.1, 0.15) is 32.5 Å². The quantitative estimate of drug-likeness (QED) is 0.157. The van der Waals surface area contributed by atoms with Gasteiger partial charge in [0.2, 0.25) is 0 Å². The molecular weight excluding hydrogens is 644 g/mol. The van der Waals surface area contributed by atoms with Crippen molar-refractivity contribution < 1.29 is 17.6 Å². The standard InChI is InChI=1S/C13H12BrF2N3.C12H10BrF2N3.C2H6/c1-8-5-10(14)18-12(6-8)19-11-7-9(3-4-17-11)13(2,15)16;1-7-4-9(13)17-11(5-7)18-10-6-8(12(14)15)2-3-16-10;1-2/h3-7H,1-2H3,(H,17,18,19);2-6,12H,1H3,(H,16,17,18);1-2H3. The number of aryl methyl sites for hydroxylation is 2. The molecule has 0 saturated heterocycles. The van der Waals surface area contributed by atoms with Gasteiger partial charge in [-0.2, -0.15) is 0 Å². The molecule has 208 valence electrons. The number of halogens is 6. The summed E-state index contributed by atoms with van der Waals surface area (Å²) < 4.78 is 52.9. The molecule has 0 aliphatic carbocycles. The van der Waals surface area contributed by atoms with E-state index >= 15 is 0 Å². The molecule has 0 spiro atoms. The Hall–Kier alpha value is -3.12. The largest absolute Gasteiger partial charge is 0.325 e. The monoisotopic (exact) mass is 670 g/mol. The van der Waals surface area contributed by atoms with Crippen LogP contribution in [0.3, 0.4) is 0 Å². The zero-order chi connectivity index (χ0) is 29.2. The Morgan fingerprint density at radius 3 is 1.62 bits per heavy atom. The SMILES string of the molecule is CC.Cc1cc(Br)nc(Nc2cc(C(C)(F)F)ccn2)c1.Cc1cc(Br)nc(Nc2cc(C(F)F)ccn2)c1. The van der Waals surface area contributed by atoms with Crippen molar-refractivity contribution in [2.45, 2.75) is 47.0 Å². The predicted octanol–water partition coefficient (Wildman–Crippen LogP) is 9.66. The van der Waals surface area contributed by atoms with Crippen LogP contribution in [0.15, 0.2) is 70.1 Å². The van der Waals surface area contributed by atoms with Gasteiger partial charge >= 0.3 is 0 Å². The summed E-state index contributed by atoms with van der Waals surface area (Å²) in [5.41, 5.74) is 1.85. The number of rotatable bonds is 6. The highest BCUT2D eigenvalue weighted by Crippen LogP contribution is 2.28. The van der Waals surface area contributed by atoms with Crippen LogP contribution in [-0.4, -0.2) is 19.9 Å². The van der Waals surface area contributed by atoms with Crippen LogP contribution in [0.25, 0.3) is 0 Å². The number of nitrogens with one attached hydrogen (secondary N) is 2. The minimum atomic E-state index is -2.89. The first-order valence-electron chi connectivity index (χ1n) is 11.8. The third-order valence-corrected chi connectivity index (χ3v) is 5.50. The normalized spacial score (nSPS) is 10.7. The third kappa shape index (κ3) is 10.9. The van der Waals surface area contributed by atoms with Crippen LogP contribution < -0.4 is 10.6 Å². The number of anilines is 4. The number of pyridine rings is 4. The summed E-state index contributed by atoms with van der Waals surface area (Å²) in [6.45, 7) is 8.69. The van der Waals surface area contributed by atoms with Crippen molar-refractivity contribution in [3.63, 3.8) is 0 Å². The highest BCUT2D eigenvalue weighted by atomic mass is 79.9. The Balaban J connectivity index is 0.000000258. The Morgan fingerprint density at radius 2 is 1.18 bits per heavy atom. The van der Waals surface area contributed by atoms with Crippen molar-refractivity contribution >= 4 is 55.1 Å². The van der Waals surface area contributed by atoms with Crippen LogP contribution in [0.5, 0.6) is 0 Å². The topological polar surface area (TPSA) is 75.6 Å². The fourth-order valence-corrected chi connectivity index (χ4v) is 4.17. The third-order valence-electron chi connectivity index (χ3n) is 4.69. The first kappa shape index (κ1) is 32.1. The van der Waals surface area contributed by atoms with Gasteiger partial charge in [0, 0.05) is 30.4 Å². The molecular formula is C27H28Br2F4N6. The lowest BCUT2D eigenvalue weighted by atomic mass is 10.1. The van der Waals surface area contributed by atoms with Crippen LogP contribution in [-0.2, 0) is 5.92 Å². The van der Waals surface area contributed by atoms with E-state index in [4.69, 9.17) is 0 Å². The molecule has 6 nitrogen and oxygen atoms in total. The van der Waals surface area contributed by atoms with E-state index in [0.29, 0.717) is 32.5 Å². The average Bonchev–Trinajstić information content (AvgIpc) is 2.84. The molecule has 4 heterocycles. The van der Waals surface area contributed by atoms with E-state index in [1.165, 1.54) is 36.7 Å². The lowest BCUT2D eigenvalue weighted by molar-refractivity contribution is 0.0174. The smallest absolute Gasteiger partial charge is 0.270 e. The molecule has 0 aromatic carbocycles. The fraction of sp³-hybridized carbons (Fsp3) is 0.259. The van der Waals surface area contributed by atoms with E-state index < -0.39 is 12.3 Å². The van der Waals surface area contributed by atoms with Crippen LogP contribution in [0.4, 0.5) is 40.8 Å². The van der Waals surface area contributed by atoms with Gasteiger partial charge in [-0.1, -0.05) is 13.8 Å². The number of hydrogen-bond acceptors (Lipinski definition) is 6. The van der Waals surface area contributed by atoms with E-state index in [1.54, 1.807) is 0 Å². The summed E-state index contributed by atoms with van der Waals surface area (Å²) in [4.78, 5) is 16.4. The molecule has 4 aromatic heterocycles. The van der Waals surface area contributed by atoms with Crippen molar-refractivity contribution in [2.75, 3.05) is 10.6 Å². The number of aromatic nitrogens is 4. The zero-order valence-corrected chi connectivity index (χ0v) is 25.1. The Morgan fingerprint density at radius 1 is 0.718 bits per heavy atom. The molecule has 2 N–H and O–H groups in total. The summed E-state index contributed by atoms with van der Waals surface area (Å²) in [6, 6.07) is 12.5. The molecule has 4 rings (SSSR count). The molecule has 0 amide bonds. The molecule has 39 heavy (non-hydrogen) atoms. The maximum atomic E-state index is 13.2. The summed E-state index contributed by atoms with van der Waals surface area (Å²) in [5, 5.41) is 5.81. The van der Waals surface area contributed by atoms with Crippen LogP contribution >= 0.6 is 31.9 Å². The molecule has 0 atom stereocenters. The van der Waals surface area contributed by atoms with Gasteiger partial charge in [0.05, 0.1) is 0 Å². The second-order valence-electron chi connectivity index (χ2n) is 8.05. The maximum absolute atomic E-state index is 13.2. The molecule has 0 fully saturated rings. The zero-order valence-electron chi connectivity index (χ0n) is 21.9. The Kier molecular flexibility index (Phi) is 12.2. The van der Waals surface area contributed by atoms with Crippen molar-refractivity contribution in [1.29, 1.82) is 0 Å². The Labute approximate surface area is 242 Å². The van der Waals surface area contributed by atoms with Gasteiger partial charge in [0.25, 0.3) is 12.3 Å². The summed E-state index contributed by atoms with van der Waals surface area (Å²) >= 11 is 6.55. The molecule has 0 saturated carbocycles. The van der Waals surface area contributed by atoms with Crippen LogP contribution in [0.1, 0.15) is 49.5 Å². The molecule has 0 bridgehead atoms. The maximum Gasteiger partial charge on any atom is 0.270 e. The van der Waals surface area contributed by atoms with E-state index in [9.17, 15) is 17.6 Å². The molecule has 12 heteroatoms. The summed E-state index contributed by atoms with van der Waals surface area (Å²) in [7, 11) is 0. The lowest BCUT2D eigenvalue weighted by Crippen LogP contribution is -2.08. The minimum Gasteiger partial charge on any atom is -0.325 e. The minimum absolute atomic E-state index is 0.0702. The molecule has 0 unspecified atom stereocenters. The van der Waals surface area contributed by atoms with Gasteiger partial charge < -0.3 is 10.6 Å². The lowest BCUT2D eigenvalue weighted by Gasteiger charge is -2.12. The molecule has 0 radical (unpaired) electrons. The van der Waals surface area contributed by atoms with E-state index in [-0.39, 0.29) is 11.1 Å². The van der Waals surface area contributed by atoms with Gasteiger partial charge in [-0.05, 0) is 105 Å². The van der Waals surface area contributed by atoms with Gasteiger partial charge in [-0.15, -0.1) is 0 Å². The summed E-state index contributed by atoms with van der Waals surface area (Å²) in [5.74, 6) is -1.10. The molecule has 0 aliphatic heterocycles. The summed E-state index contributed by atoms with van der Waals surface area (Å²) in [6.07, 6.45) is 0.181. The van der Waals surface area contributed by atoms with Crippen LogP contribution in [0.2, 0.25) is 0 Å². The highest BCUT2D eigenvalue weighted by Gasteiger charge is 2.24. The van der Waals surface area contributed by atoms with Crippen LogP contribution in [0, 0.1) is 13.8 Å². The molecule has 0 aliphatic rings. The highest BCUT2D eigenvalue weighted by molar-refractivity contribution is 9.10. The first-order valence-corrected chi connectivity index (χ1v) is 13.4. The second-order valence-corrected chi connectivity index (χ2v) is 9.67. The Bertz CT molecular complexity index is 1330. The van der Waals surface area contributed by atoms with Gasteiger partial charge in [0.15, 0.2) is 0 Å². The fourth-order valence-electron chi connectivity index (χ4n) is 3.06. The predicted molar refractivity (Wildman–Crippen MR) is 154 cm³/mol. The van der Waals surface area contributed by atoms with Crippen molar-refractivity contribution in [1.82, 2.24) is 19.9 Å². The second kappa shape index (κ2) is 14.9. The average molecular weight is 672 g/mol. The van der Waals surface area contributed by atoms with E-state index in [1.807, 2.05) is 52.0 Å². The van der Waals surface area contributed by atoms with Gasteiger partial charge in [-0.25, -0.2) is 37.5 Å².